The minimum absolute atomic E-state index is 0.0978. The molecule has 0 unspecified atom stereocenters. The number of carbonyl (C=O) groups excluding carboxylic acids is 2. The van der Waals surface area contributed by atoms with E-state index in [-0.39, 0.29) is 20.9 Å². The standard InChI is InChI=1S/C10H8O5S2/c1-10(13)14-8(11)4-2-3-5(9(12)15-10)7(17)6(4)16/h2-3,13,16-17H,1H3. The van der Waals surface area contributed by atoms with Crippen molar-refractivity contribution in [1.29, 1.82) is 0 Å². The zero-order chi connectivity index (χ0) is 12.8. The molecule has 2 aliphatic rings. The van der Waals surface area contributed by atoms with Crippen molar-refractivity contribution < 1.29 is 24.2 Å². The molecule has 17 heavy (non-hydrogen) atoms. The summed E-state index contributed by atoms with van der Waals surface area (Å²) in [6, 6.07) is 2.73. The summed E-state index contributed by atoms with van der Waals surface area (Å²) in [5.74, 6) is -4.02. The molecule has 3 rings (SSSR count). The van der Waals surface area contributed by atoms with E-state index >= 15 is 0 Å². The van der Waals surface area contributed by atoms with Crippen molar-refractivity contribution in [2.24, 2.45) is 0 Å². The van der Waals surface area contributed by atoms with Gasteiger partial charge in [-0.2, -0.15) is 0 Å². The summed E-state index contributed by atoms with van der Waals surface area (Å²) >= 11 is 8.17. The van der Waals surface area contributed by atoms with Crippen molar-refractivity contribution >= 4 is 37.2 Å². The van der Waals surface area contributed by atoms with Crippen molar-refractivity contribution in [2.75, 3.05) is 0 Å². The van der Waals surface area contributed by atoms with Gasteiger partial charge in [0.2, 0.25) is 0 Å². The molecule has 7 heteroatoms. The van der Waals surface area contributed by atoms with E-state index in [1.807, 2.05) is 0 Å². The molecule has 1 aromatic rings. The van der Waals surface area contributed by atoms with Gasteiger partial charge in [0.05, 0.1) is 11.1 Å². The molecule has 0 saturated heterocycles. The van der Waals surface area contributed by atoms with Gasteiger partial charge in [0.15, 0.2) is 0 Å². The van der Waals surface area contributed by atoms with Crippen LogP contribution in [0, 0.1) is 0 Å². The van der Waals surface area contributed by atoms with Gasteiger partial charge in [-0.1, -0.05) is 0 Å². The van der Waals surface area contributed by atoms with Crippen molar-refractivity contribution in [3.05, 3.63) is 23.3 Å². The number of esters is 2. The van der Waals surface area contributed by atoms with E-state index in [4.69, 9.17) is 0 Å². The van der Waals surface area contributed by atoms with E-state index in [9.17, 15) is 14.7 Å². The maximum Gasteiger partial charge on any atom is 0.370 e. The van der Waals surface area contributed by atoms with E-state index in [0.717, 1.165) is 6.92 Å². The minimum Gasteiger partial charge on any atom is -0.394 e. The Kier molecular flexibility index (Phi) is 2.84. The van der Waals surface area contributed by atoms with E-state index in [0.29, 0.717) is 0 Å². The summed E-state index contributed by atoms with van der Waals surface area (Å²) in [6.45, 7) is 1.05. The van der Waals surface area contributed by atoms with E-state index in [1.54, 1.807) is 0 Å². The first-order valence-corrected chi connectivity index (χ1v) is 5.45. The number of rotatable bonds is 0. The predicted octanol–water partition coefficient (Wildman–Crippen LogP) is 1.26. The lowest BCUT2D eigenvalue weighted by Crippen LogP contribution is -2.36. The molecule has 5 nitrogen and oxygen atoms in total. The van der Waals surface area contributed by atoms with Crippen LogP contribution in [0.5, 0.6) is 0 Å². The molecular formula is C10H8O5S2. The van der Waals surface area contributed by atoms with Crippen LogP contribution in [0.3, 0.4) is 0 Å². The highest BCUT2D eigenvalue weighted by Gasteiger charge is 2.35. The molecule has 0 radical (unpaired) electrons. The smallest absolute Gasteiger partial charge is 0.370 e. The highest BCUT2D eigenvalue weighted by atomic mass is 32.1. The first-order chi connectivity index (χ1) is 7.82. The maximum atomic E-state index is 11.7. The van der Waals surface area contributed by atoms with Gasteiger partial charge in [-0.15, -0.1) is 25.3 Å². The van der Waals surface area contributed by atoms with Gasteiger partial charge in [-0.05, 0) is 12.1 Å². The minimum atomic E-state index is -2.32. The number of hydrogen-bond donors (Lipinski definition) is 3. The number of ether oxygens (including phenoxy) is 2. The third-order valence-corrected chi connectivity index (χ3v) is 3.26. The Labute approximate surface area is 108 Å². The number of carbonyl (C=O) groups is 2. The lowest BCUT2D eigenvalue weighted by atomic mass is 10.1. The van der Waals surface area contributed by atoms with Crippen molar-refractivity contribution in [2.45, 2.75) is 22.7 Å². The van der Waals surface area contributed by atoms with Crippen molar-refractivity contribution in [3.63, 3.8) is 0 Å². The van der Waals surface area contributed by atoms with Gasteiger partial charge in [0.1, 0.15) is 0 Å². The third kappa shape index (κ3) is 2.13. The zero-order valence-corrected chi connectivity index (χ0v) is 10.4. The summed E-state index contributed by atoms with van der Waals surface area (Å²) in [7, 11) is 0. The van der Waals surface area contributed by atoms with Crippen LogP contribution < -0.4 is 0 Å². The Morgan fingerprint density at radius 1 is 1.06 bits per heavy atom. The summed E-state index contributed by atoms with van der Waals surface area (Å²) in [4.78, 5) is 23.7. The zero-order valence-electron chi connectivity index (χ0n) is 8.63. The predicted molar refractivity (Wildman–Crippen MR) is 62.4 cm³/mol. The lowest BCUT2D eigenvalue weighted by molar-refractivity contribution is -0.290. The third-order valence-electron chi connectivity index (χ3n) is 2.16. The normalized spacial score (nSPS) is 17.9. The SMILES string of the molecule is CC1(O)OC(=O)c2ccc(c(S)c2S)C(=O)O1. The second-order valence-electron chi connectivity index (χ2n) is 3.53. The average Bonchev–Trinajstić information content (AvgIpc) is 2.23. The Morgan fingerprint density at radius 3 is 1.76 bits per heavy atom. The molecule has 0 amide bonds. The van der Waals surface area contributed by atoms with Gasteiger partial charge >= 0.3 is 17.9 Å². The fraction of sp³-hybridized carbons (Fsp3) is 0.200. The summed E-state index contributed by atoms with van der Waals surface area (Å²) < 4.78 is 9.27. The quantitative estimate of drug-likeness (QED) is 0.490. The summed E-state index contributed by atoms with van der Waals surface area (Å²) in [5, 5.41) is 9.57. The fourth-order valence-corrected chi connectivity index (χ4v) is 1.96. The molecule has 1 aromatic carbocycles. The fourth-order valence-electron chi connectivity index (χ4n) is 1.38. The second-order valence-corrected chi connectivity index (χ2v) is 4.43. The van der Waals surface area contributed by atoms with Gasteiger partial charge in [0, 0.05) is 16.7 Å². The molecule has 0 saturated carbocycles. The highest BCUT2D eigenvalue weighted by molar-refractivity contribution is 7.83. The van der Waals surface area contributed by atoms with E-state index < -0.39 is 17.9 Å². The molecule has 0 fully saturated rings. The summed E-state index contributed by atoms with van der Waals surface area (Å²) in [5.41, 5.74) is 0.196. The van der Waals surface area contributed by atoms with Crippen LogP contribution >= 0.6 is 25.3 Å². The first-order valence-electron chi connectivity index (χ1n) is 4.56. The Hall–Kier alpha value is -1.18. The second kappa shape index (κ2) is 3.94. The number of aliphatic hydroxyl groups is 1. The molecule has 2 aliphatic heterocycles. The van der Waals surface area contributed by atoms with Gasteiger partial charge in [0.25, 0.3) is 0 Å². The van der Waals surface area contributed by atoms with Crippen LogP contribution in [0.1, 0.15) is 27.6 Å². The number of thiol groups is 2. The molecule has 1 N–H and O–H groups in total. The van der Waals surface area contributed by atoms with Gasteiger partial charge < -0.3 is 14.6 Å². The van der Waals surface area contributed by atoms with Gasteiger partial charge in [-0.25, -0.2) is 9.59 Å². The number of hydrogen-bond acceptors (Lipinski definition) is 7. The van der Waals surface area contributed by atoms with Crippen LogP contribution in [-0.4, -0.2) is 23.0 Å². The first kappa shape index (κ1) is 12.3. The summed E-state index contributed by atoms with van der Waals surface area (Å²) in [6.07, 6.45) is 0. The molecule has 0 aliphatic carbocycles. The molecular weight excluding hydrogens is 264 g/mol. The number of fused-ring (bicyclic) bond motifs is 6. The Bertz CT molecular complexity index is 479. The Morgan fingerprint density at radius 2 is 1.41 bits per heavy atom. The van der Waals surface area contributed by atoms with E-state index in [2.05, 4.69) is 34.7 Å². The van der Waals surface area contributed by atoms with E-state index in [1.165, 1.54) is 12.1 Å². The Balaban J connectivity index is 2.66. The largest absolute Gasteiger partial charge is 0.394 e. The van der Waals surface area contributed by atoms with Crippen molar-refractivity contribution in [1.82, 2.24) is 0 Å². The average molecular weight is 272 g/mol. The molecule has 0 aromatic heterocycles. The molecule has 90 valence electrons. The topological polar surface area (TPSA) is 72.8 Å². The molecule has 2 bridgehead atoms. The van der Waals surface area contributed by atoms with Crippen LogP contribution in [0.25, 0.3) is 0 Å². The monoisotopic (exact) mass is 272 g/mol. The highest BCUT2D eigenvalue weighted by Crippen LogP contribution is 2.31. The van der Waals surface area contributed by atoms with Crippen LogP contribution in [0.15, 0.2) is 21.9 Å². The molecule has 0 atom stereocenters. The van der Waals surface area contributed by atoms with Crippen LogP contribution in [-0.2, 0) is 9.47 Å². The number of benzene rings is 1. The van der Waals surface area contributed by atoms with Crippen LogP contribution in [0.2, 0.25) is 0 Å². The molecule has 0 spiro atoms. The lowest BCUT2D eigenvalue weighted by Gasteiger charge is -2.21. The molecule has 2 heterocycles. The van der Waals surface area contributed by atoms with Crippen LogP contribution in [0.4, 0.5) is 0 Å². The maximum absolute atomic E-state index is 11.7. The van der Waals surface area contributed by atoms with Crippen molar-refractivity contribution in [3.8, 4) is 0 Å². The van der Waals surface area contributed by atoms with Gasteiger partial charge in [-0.3, -0.25) is 0 Å².